The van der Waals surface area contributed by atoms with Crippen LogP contribution < -0.4 is 10.3 Å². The van der Waals surface area contributed by atoms with Gasteiger partial charge in [-0.3, -0.25) is 4.79 Å². The van der Waals surface area contributed by atoms with Gasteiger partial charge in [-0.25, -0.2) is 0 Å². The Kier molecular flexibility index (Phi) is 4.39. The number of nitrogens with zero attached hydrogens (tertiary/aromatic N) is 1. The molecule has 134 valence electrons. The van der Waals surface area contributed by atoms with Gasteiger partial charge in [0.1, 0.15) is 0 Å². The smallest absolute Gasteiger partial charge is 0.191 e. The molecule has 1 unspecified atom stereocenters. The zero-order valence-corrected chi connectivity index (χ0v) is 16.5. The summed E-state index contributed by atoms with van der Waals surface area (Å²) in [7, 11) is 0. The number of benzene rings is 1. The number of hydrogen-bond donors (Lipinski definition) is 0. The van der Waals surface area contributed by atoms with E-state index in [1.165, 1.54) is 40.9 Å². The lowest BCUT2D eigenvalue weighted by Gasteiger charge is -2.39. The normalized spacial score (nSPS) is 22.8. The lowest BCUT2D eigenvalue weighted by atomic mass is 9.84. The molecular formula is C22H29NOS. The standard InChI is InChI=1S/C22H29NOS/c1-4-15-6-8-17-19(12-15)25-20-13-16(7-9-18(20)21(17)24)23-11-5-10-22(2,3)14-23/h7,9,13,15H,4-6,8,10-12,14H2,1-3H3. The Morgan fingerprint density at radius 2 is 2.16 bits per heavy atom. The van der Waals surface area contributed by atoms with Crippen molar-refractivity contribution in [1.29, 1.82) is 0 Å². The van der Waals surface area contributed by atoms with Crippen molar-refractivity contribution in [2.24, 2.45) is 11.3 Å². The van der Waals surface area contributed by atoms with Crippen LogP contribution in [0.15, 0.2) is 23.0 Å². The molecule has 0 N–H and O–H groups in total. The van der Waals surface area contributed by atoms with Crippen LogP contribution in [-0.2, 0) is 12.8 Å². The zero-order chi connectivity index (χ0) is 17.6. The second-order valence-corrected chi connectivity index (χ2v) is 9.86. The number of fused-ring (bicyclic) bond motifs is 2. The Bertz CT molecular complexity index is 851. The van der Waals surface area contributed by atoms with Gasteiger partial charge in [-0.2, -0.15) is 0 Å². The first-order chi connectivity index (χ1) is 12.0. The van der Waals surface area contributed by atoms with Gasteiger partial charge in [0, 0.05) is 39.3 Å². The Balaban J connectivity index is 1.74. The molecule has 1 aromatic carbocycles. The summed E-state index contributed by atoms with van der Waals surface area (Å²) >= 11 is 1.87. The molecule has 4 rings (SSSR count). The minimum Gasteiger partial charge on any atom is -0.371 e. The van der Waals surface area contributed by atoms with Gasteiger partial charge in [0.25, 0.3) is 0 Å². The van der Waals surface area contributed by atoms with Crippen molar-refractivity contribution >= 4 is 27.1 Å². The summed E-state index contributed by atoms with van der Waals surface area (Å²) in [6.45, 7) is 9.23. The maximum absolute atomic E-state index is 13.0. The molecule has 0 bridgehead atoms. The van der Waals surface area contributed by atoms with E-state index in [9.17, 15) is 4.79 Å². The zero-order valence-electron chi connectivity index (χ0n) is 15.7. The average Bonchev–Trinajstić information content (AvgIpc) is 2.60. The molecule has 2 nitrogen and oxygen atoms in total. The van der Waals surface area contributed by atoms with Crippen molar-refractivity contribution in [2.75, 3.05) is 18.0 Å². The highest BCUT2D eigenvalue weighted by Gasteiger charge is 2.27. The first-order valence-corrected chi connectivity index (χ1v) is 10.6. The largest absolute Gasteiger partial charge is 0.371 e. The molecule has 1 fully saturated rings. The fourth-order valence-electron chi connectivity index (χ4n) is 4.59. The third-order valence-electron chi connectivity index (χ3n) is 6.17. The van der Waals surface area contributed by atoms with Gasteiger partial charge < -0.3 is 4.90 Å². The molecule has 0 amide bonds. The van der Waals surface area contributed by atoms with Crippen LogP contribution in [0.1, 0.15) is 56.9 Å². The molecule has 1 atom stereocenters. The van der Waals surface area contributed by atoms with Crippen molar-refractivity contribution in [2.45, 2.75) is 59.3 Å². The second-order valence-electron chi connectivity index (χ2n) is 8.72. The van der Waals surface area contributed by atoms with E-state index >= 15 is 0 Å². The van der Waals surface area contributed by atoms with E-state index in [0.717, 1.165) is 42.8 Å². The van der Waals surface area contributed by atoms with Crippen LogP contribution in [0.3, 0.4) is 0 Å². The third kappa shape index (κ3) is 3.23. The first-order valence-electron chi connectivity index (χ1n) is 9.80. The van der Waals surface area contributed by atoms with Gasteiger partial charge in [-0.1, -0.05) is 27.2 Å². The third-order valence-corrected chi connectivity index (χ3v) is 7.39. The van der Waals surface area contributed by atoms with E-state index in [4.69, 9.17) is 0 Å². The summed E-state index contributed by atoms with van der Waals surface area (Å²) in [6.07, 6.45) is 7.03. The molecule has 0 radical (unpaired) electrons. The highest BCUT2D eigenvalue weighted by Crippen LogP contribution is 2.35. The lowest BCUT2D eigenvalue weighted by Crippen LogP contribution is -2.40. The Morgan fingerprint density at radius 3 is 2.92 bits per heavy atom. The predicted molar refractivity (Wildman–Crippen MR) is 109 cm³/mol. The second kappa shape index (κ2) is 6.42. The molecule has 3 heteroatoms. The summed E-state index contributed by atoms with van der Waals surface area (Å²) in [6, 6.07) is 6.53. The molecule has 0 saturated carbocycles. The monoisotopic (exact) mass is 355 g/mol. The highest BCUT2D eigenvalue weighted by atomic mass is 32.1. The van der Waals surface area contributed by atoms with E-state index in [-0.39, 0.29) is 0 Å². The molecule has 1 aliphatic heterocycles. The fourth-order valence-corrected chi connectivity index (χ4v) is 5.94. The topological polar surface area (TPSA) is 20.3 Å². The molecule has 2 aromatic rings. The molecule has 1 aromatic heterocycles. The molecule has 1 aliphatic carbocycles. The number of piperidine rings is 1. The first kappa shape index (κ1) is 17.1. The molecule has 2 heterocycles. The van der Waals surface area contributed by atoms with Crippen LogP contribution >= 0.6 is 11.3 Å². The van der Waals surface area contributed by atoms with Gasteiger partial charge in [0.15, 0.2) is 5.43 Å². The lowest BCUT2D eigenvalue weighted by molar-refractivity contribution is 0.293. The van der Waals surface area contributed by atoms with Gasteiger partial charge in [0.2, 0.25) is 0 Å². The predicted octanol–water partition coefficient (Wildman–Crippen LogP) is 5.40. The molecule has 2 aliphatic rings. The quantitative estimate of drug-likeness (QED) is 0.718. The molecule has 1 saturated heterocycles. The van der Waals surface area contributed by atoms with E-state index in [0.29, 0.717) is 10.8 Å². The van der Waals surface area contributed by atoms with Crippen LogP contribution in [0.4, 0.5) is 5.69 Å². The van der Waals surface area contributed by atoms with Crippen LogP contribution in [0.2, 0.25) is 0 Å². The Morgan fingerprint density at radius 1 is 1.32 bits per heavy atom. The summed E-state index contributed by atoms with van der Waals surface area (Å²) in [5.41, 5.74) is 3.07. The number of hydrogen-bond acceptors (Lipinski definition) is 3. The summed E-state index contributed by atoms with van der Waals surface area (Å²) in [5.74, 6) is 0.756. The Labute approximate surface area is 154 Å². The summed E-state index contributed by atoms with van der Waals surface area (Å²) in [5, 5.41) is 0.929. The number of anilines is 1. The van der Waals surface area contributed by atoms with E-state index in [1.54, 1.807) is 0 Å². The van der Waals surface area contributed by atoms with E-state index < -0.39 is 0 Å². The van der Waals surface area contributed by atoms with E-state index in [2.05, 4.69) is 43.9 Å². The van der Waals surface area contributed by atoms with E-state index in [1.807, 2.05) is 11.3 Å². The minimum absolute atomic E-state index is 0.295. The van der Waals surface area contributed by atoms with Crippen molar-refractivity contribution < 1.29 is 0 Å². The average molecular weight is 356 g/mol. The van der Waals surface area contributed by atoms with Crippen LogP contribution in [-0.4, -0.2) is 13.1 Å². The van der Waals surface area contributed by atoms with Gasteiger partial charge in [-0.15, -0.1) is 11.3 Å². The fraction of sp³-hybridized carbons (Fsp3) is 0.591. The van der Waals surface area contributed by atoms with Crippen LogP contribution in [0.5, 0.6) is 0 Å². The van der Waals surface area contributed by atoms with Gasteiger partial charge >= 0.3 is 0 Å². The van der Waals surface area contributed by atoms with Crippen molar-refractivity contribution in [1.82, 2.24) is 0 Å². The van der Waals surface area contributed by atoms with Crippen molar-refractivity contribution in [3.63, 3.8) is 0 Å². The van der Waals surface area contributed by atoms with Crippen LogP contribution in [0.25, 0.3) is 10.1 Å². The van der Waals surface area contributed by atoms with Crippen molar-refractivity contribution in [3.05, 3.63) is 38.9 Å². The maximum Gasteiger partial charge on any atom is 0.191 e. The SMILES string of the molecule is CCC1CCc2c(sc3cc(N4CCCC(C)(C)C4)ccc3c2=O)C1. The van der Waals surface area contributed by atoms with Gasteiger partial charge in [0.05, 0.1) is 0 Å². The summed E-state index contributed by atoms with van der Waals surface area (Å²) < 4.78 is 1.18. The highest BCUT2D eigenvalue weighted by molar-refractivity contribution is 7.18. The number of rotatable bonds is 2. The van der Waals surface area contributed by atoms with Gasteiger partial charge in [-0.05, 0) is 61.6 Å². The maximum atomic E-state index is 13.0. The van der Waals surface area contributed by atoms with Crippen LogP contribution in [0, 0.1) is 11.3 Å². The minimum atomic E-state index is 0.295. The molecular weight excluding hydrogens is 326 g/mol. The summed E-state index contributed by atoms with van der Waals surface area (Å²) in [4.78, 5) is 16.8. The molecule has 0 spiro atoms. The Hall–Kier alpha value is -1.35. The molecule has 25 heavy (non-hydrogen) atoms. The van der Waals surface area contributed by atoms with Crippen molar-refractivity contribution in [3.8, 4) is 0 Å².